The molecule has 4 aromatic rings. The Bertz CT molecular complexity index is 1680. The quantitative estimate of drug-likeness (QED) is 0.196. The maximum absolute atomic E-state index is 15.6. The molecule has 1 fully saturated rings. The van der Waals surface area contributed by atoms with Crippen molar-refractivity contribution in [2.75, 3.05) is 50.5 Å². The highest BCUT2D eigenvalue weighted by atomic mass is 32.2. The molecule has 1 amide bonds. The van der Waals surface area contributed by atoms with Crippen LogP contribution in [0.1, 0.15) is 18.5 Å². The van der Waals surface area contributed by atoms with E-state index in [9.17, 15) is 9.59 Å². The van der Waals surface area contributed by atoms with Crippen LogP contribution in [0.3, 0.4) is 0 Å². The molecular weight excluding hydrogens is 547 g/mol. The van der Waals surface area contributed by atoms with E-state index in [0.717, 1.165) is 30.4 Å². The molecule has 0 radical (unpaired) electrons. The lowest BCUT2D eigenvalue weighted by atomic mass is 10.0. The first-order chi connectivity index (χ1) is 19.9. The Hall–Kier alpha value is -4.23. The Morgan fingerprint density at radius 1 is 1.27 bits per heavy atom. The molecule has 0 saturated carbocycles. The van der Waals surface area contributed by atoms with Gasteiger partial charge < -0.3 is 19.1 Å². The number of aromatic amines is 1. The fourth-order valence-corrected chi connectivity index (χ4v) is 5.61. The summed E-state index contributed by atoms with van der Waals surface area (Å²) in [5.41, 5.74) is 4.21. The van der Waals surface area contributed by atoms with Gasteiger partial charge in [-0.1, -0.05) is 42.1 Å². The Kier molecular flexibility index (Phi) is 7.45. The summed E-state index contributed by atoms with van der Waals surface area (Å²) in [5.74, 6) is -0.127. The number of hydrogen-bond acceptors (Lipinski definition) is 9. The number of rotatable bonds is 7. The van der Waals surface area contributed by atoms with Gasteiger partial charge in [-0.05, 0) is 25.6 Å². The van der Waals surface area contributed by atoms with Crippen LogP contribution in [0, 0.1) is 5.82 Å². The minimum atomic E-state index is -0.484. The van der Waals surface area contributed by atoms with Crippen molar-refractivity contribution in [1.82, 2.24) is 30.1 Å². The molecule has 1 atom stereocenters. The second-order valence-electron chi connectivity index (χ2n) is 10.1. The van der Waals surface area contributed by atoms with E-state index in [1.807, 2.05) is 53.8 Å². The number of benzene rings is 2. The van der Waals surface area contributed by atoms with Crippen LogP contribution in [0.2, 0.25) is 0 Å². The number of hydrogen-bond donors (Lipinski definition) is 2. The van der Waals surface area contributed by atoms with E-state index < -0.39 is 5.82 Å². The molecule has 11 nitrogen and oxygen atoms in total. The Labute approximate surface area is 239 Å². The third-order valence-corrected chi connectivity index (χ3v) is 8.06. The van der Waals surface area contributed by atoms with Crippen molar-refractivity contribution < 1.29 is 13.9 Å². The van der Waals surface area contributed by atoms with Crippen molar-refractivity contribution in [2.24, 2.45) is 5.10 Å². The summed E-state index contributed by atoms with van der Waals surface area (Å²) in [5, 5.41) is 11.5. The largest absolute Gasteiger partial charge is 0.487 e. The lowest BCUT2D eigenvalue weighted by Gasteiger charge is -2.37. The number of H-pyrrole nitrogens is 1. The number of pyridine rings is 1. The number of anilines is 1. The number of halogens is 1. The number of ether oxygens (including phenoxy) is 1. The van der Waals surface area contributed by atoms with Crippen molar-refractivity contribution in [1.29, 1.82) is 0 Å². The summed E-state index contributed by atoms with van der Waals surface area (Å²) in [6.07, 6.45) is 3.29. The Morgan fingerprint density at radius 2 is 2.05 bits per heavy atom. The second kappa shape index (κ2) is 11.3. The van der Waals surface area contributed by atoms with E-state index in [4.69, 9.17) is 4.74 Å². The van der Waals surface area contributed by atoms with Crippen molar-refractivity contribution in [3.05, 3.63) is 64.2 Å². The van der Waals surface area contributed by atoms with Crippen LogP contribution in [-0.4, -0.2) is 82.4 Å². The smallest absolute Gasteiger partial charge is 0.250 e. The van der Waals surface area contributed by atoms with Crippen LogP contribution < -0.4 is 20.5 Å². The molecule has 13 heteroatoms. The van der Waals surface area contributed by atoms with Crippen LogP contribution >= 0.6 is 11.8 Å². The lowest BCUT2D eigenvalue weighted by Crippen LogP contribution is -2.45. The van der Waals surface area contributed by atoms with E-state index in [0.29, 0.717) is 41.8 Å². The van der Waals surface area contributed by atoms with Gasteiger partial charge in [-0.2, -0.15) is 5.10 Å². The predicted molar refractivity (Wildman–Crippen MR) is 156 cm³/mol. The molecule has 41 heavy (non-hydrogen) atoms. The van der Waals surface area contributed by atoms with Crippen LogP contribution in [-0.2, 0) is 4.79 Å². The number of carbonyl (C=O) groups excluding carboxylic acids is 1. The van der Waals surface area contributed by atoms with E-state index >= 15 is 4.39 Å². The fourth-order valence-electron chi connectivity index (χ4n) is 5.02. The van der Waals surface area contributed by atoms with Gasteiger partial charge >= 0.3 is 0 Å². The fraction of sp³-hybridized carbons (Fsp3) is 0.321. The SMILES string of the molecule is CC1COc2c(N3CCN(C)CC3)c(F)cc3c(=O)c(-c4nc(SCC(=O)N/N=C/c5ccccc5)n[nH]4)cn1c23. The first kappa shape index (κ1) is 27.0. The summed E-state index contributed by atoms with van der Waals surface area (Å²) in [6.45, 7) is 5.29. The van der Waals surface area contributed by atoms with Crippen LogP contribution in [0.5, 0.6) is 5.75 Å². The first-order valence-electron chi connectivity index (χ1n) is 13.3. The molecule has 2 aliphatic heterocycles. The molecule has 1 saturated heterocycles. The molecule has 0 aliphatic carbocycles. The van der Waals surface area contributed by atoms with Gasteiger partial charge in [0, 0.05) is 32.4 Å². The van der Waals surface area contributed by atoms with Gasteiger partial charge in [-0.3, -0.25) is 14.7 Å². The van der Waals surface area contributed by atoms with E-state index in [2.05, 4.69) is 30.6 Å². The zero-order valence-corrected chi connectivity index (χ0v) is 23.4. The molecule has 4 heterocycles. The first-order valence-corrected chi connectivity index (χ1v) is 14.3. The number of thioether (sulfide) groups is 1. The van der Waals surface area contributed by atoms with Crippen molar-refractivity contribution >= 4 is 40.5 Å². The highest BCUT2D eigenvalue weighted by molar-refractivity contribution is 7.99. The van der Waals surface area contributed by atoms with Gasteiger partial charge in [0.25, 0.3) is 5.91 Å². The Morgan fingerprint density at radius 3 is 2.83 bits per heavy atom. The van der Waals surface area contributed by atoms with Crippen LogP contribution in [0.4, 0.5) is 10.1 Å². The Balaban J connectivity index is 1.25. The second-order valence-corrected chi connectivity index (χ2v) is 11.1. The minimum Gasteiger partial charge on any atom is -0.487 e. The maximum Gasteiger partial charge on any atom is 0.250 e. The minimum absolute atomic E-state index is 0.0311. The number of nitrogens with one attached hydrogen (secondary N) is 2. The van der Waals surface area contributed by atoms with Gasteiger partial charge in [-0.25, -0.2) is 14.8 Å². The number of aromatic nitrogens is 4. The number of amides is 1. The predicted octanol–water partition coefficient (Wildman–Crippen LogP) is 2.87. The zero-order valence-electron chi connectivity index (χ0n) is 22.6. The number of piperazine rings is 1. The van der Waals surface area contributed by atoms with Gasteiger partial charge in [0.15, 0.2) is 17.4 Å². The van der Waals surface area contributed by atoms with Crippen LogP contribution in [0.25, 0.3) is 22.3 Å². The molecule has 2 N–H and O–H groups in total. The molecular formula is C28H29FN8O3S. The van der Waals surface area contributed by atoms with Gasteiger partial charge in [0.05, 0.1) is 34.5 Å². The lowest BCUT2D eigenvalue weighted by molar-refractivity contribution is -0.118. The summed E-state index contributed by atoms with van der Waals surface area (Å²) in [4.78, 5) is 34.5. The number of likely N-dealkylation sites (N-methyl/N-ethyl adjacent to an activating group) is 1. The van der Waals surface area contributed by atoms with Crippen molar-refractivity contribution in [3.63, 3.8) is 0 Å². The van der Waals surface area contributed by atoms with Gasteiger partial charge in [0.1, 0.15) is 12.3 Å². The highest BCUT2D eigenvalue weighted by Gasteiger charge is 2.30. The summed E-state index contributed by atoms with van der Waals surface area (Å²) in [6, 6.07) is 10.6. The van der Waals surface area contributed by atoms with Gasteiger partial charge in [-0.15, -0.1) is 5.10 Å². The number of carbonyl (C=O) groups is 1. The van der Waals surface area contributed by atoms with E-state index in [1.165, 1.54) is 6.07 Å². The standard InChI is InChI=1S/C28H29FN8O3S/c1-17-15-40-26-23-19(12-21(29)24(26)36-10-8-35(2)9-11-36)25(39)20(14-37(17)23)27-31-28(34-33-27)41-16-22(38)32-30-13-18-6-4-3-5-7-18/h3-7,12-14,17H,8-11,15-16H2,1-2H3,(H,32,38)(H,31,33,34)/b30-13+. The molecule has 6 rings (SSSR count). The topological polar surface area (TPSA) is 121 Å². The molecule has 1 unspecified atom stereocenters. The third kappa shape index (κ3) is 5.42. The zero-order chi connectivity index (χ0) is 28.5. The van der Waals surface area contributed by atoms with E-state index in [-0.39, 0.29) is 39.9 Å². The number of hydrazone groups is 1. The molecule has 2 aliphatic rings. The molecule has 0 bridgehead atoms. The molecule has 2 aromatic heterocycles. The summed E-state index contributed by atoms with van der Waals surface area (Å²) < 4.78 is 23.6. The average molecular weight is 577 g/mol. The highest BCUT2D eigenvalue weighted by Crippen LogP contribution is 2.42. The molecule has 212 valence electrons. The normalized spacial score (nSPS) is 17.2. The summed E-state index contributed by atoms with van der Waals surface area (Å²) in [7, 11) is 2.04. The average Bonchev–Trinajstić information content (AvgIpc) is 3.45. The van der Waals surface area contributed by atoms with E-state index in [1.54, 1.807) is 12.4 Å². The maximum atomic E-state index is 15.6. The van der Waals surface area contributed by atoms with Crippen molar-refractivity contribution in [3.8, 4) is 17.1 Å². The molecule has 0 spiro atoms. The molecule has 2 aromatic carbocycles. The van der Waals surface area contributed by atoms with Gasteiger partial charge in [0.2, 0.25) is 10.6 Å². The number of nitrogens with zero attached hydrogens (tertiary/aromatic N) is 6. The van der Waals surface area contributed by atoms with Crippen LogP contribution in [0.15, 0.2) is 57.6 Å². The monoisotopic (exact) mass is 576 g/mol. The van der Waals surface area contributed by atoms with Crippen molar-refractivity contribution in [2.45, 2.75) is 18.1 Å². The summed E-state index contributed by atoms with van der Waals surface area (Å²) >= 11 is 1.11. The third-order valence-electron chi connectivity index (χ3n) is 7.22.